The molecule has 0 atom stereocenters. The number of carbonyl (C=O) groups excluding carboxylic acids is 1. The number of hydrogen-bond acceptors (Lipinski definition) is 4. The van der Waals surface area contributed by atoms with Gasteiger partial charge in [0.1, 0.15) is 5.60 Å². The molecule has 116 valence electrons. The first kappa shape index (κ1) is 15.6. The lowest BCUT2D eigenvalue weighted by Crippen LogP contribution is -2.40. The van der Waals surface area contributed by atoms with Crippen LogP contribution in [0.15, 0.2) is 24.3 Å². The molecule has 1 fully saturated rings. The van der Waals surface area contributed by atoms with Crippen LogP contribution in [0.4, 0.5) is 10.5 Å². The summed E-state index contributed by atoms with van der Waals surface area (Å²) in [6, 6.07) is 8.36. The maximum Gasteiger partial charge on any atom is 0.410 e. The van der Waals surface area contributed by atoms with Crippen LogP contribution in [-0.4, -0.2) is 42.9 Å². The van der Waals surface area contributed by atoms with Gasteiger partial charge in [-0.25, -0.2) is 4.79 Å². The second-order valence-corrected chi connectivity index (χ2v) is 6.37. The van der Waals surface area contributed by atoms with E-state index in [1.54, 1.807) is 11.9 Å². The van der Waals surface area contributed by atoms with Crippen molar-refractivity contribution < 1.29 is 14.3 Å². The summed E-state index contributed by atoms with van der Waals surface area (Å²) in [5.74, 6) is 0. The van der Waals surface area contributed by atoms with Crippen molar-refractivity contribution >= 4 is 11.8 Å². The van der Waals surface area contributed by atoms with E-state index in [-0.39, 0.29) is 6.09 Å². The molecule has 0 saturated carbocycles. The molecule has 1 aromatic carbocycles. The van der Waals surface area contributed by atoms with Crippen LogP contribution < -0.4 is 5.32 Å². The number of para-hydroxylation sites is 1. The van der Waals surface area contributed by atoms with Crippen molar-refractivity contribution in [2.45, 2.75) is 39.0 Å². The van der Waals surface area contributed by atoms with Crippen LogP contribution in [0, 0.1) is 0 Å². The molecule has 0 aliphatic carbocycles. The Morgan fingerprint density at radius 3 is 2.62 bits per heavy atom. The van der Waals surface area contributed by atoms with Gasteiger partial charge >= 0.3 is 6.09 Å². The third-order valence-corrected chi connectivity index (χ3v) is 3.13. The molecule has 0 unspecified atom stereocenters. The molecule has 1 aliphatic rings. The van der Waals surface area contributed by atoms with Crippen molar-refractivity contribution in [3.8, 4) is 0 Å². The number of ether oxygens (including phenoxy) is 2. The quantitative estimate of drug-likeness (QED) is 0.927. The third kappa shape index (κ3) is 4.63. The summed E-state index contributed by atoms with van der Waals surface area (Å²) in [5, 5.41) is 3.44. The molecular formula is C16H24N2O3. The molecule has 5 nitrogen and oxygen atoms in total. The van der Waals surface area contributed by atoms with Crippen molar-refractivity contribution in [1.29, 1.82) is 0 Å². The number of rotatable bonds is 4. The number of nitrogens with one attached hydrogen (secondary N) is 1. The van der Waals surface area contributed by atoms with Gasteiger partial charge in [0.15, 0.2) is 0 Å². The van der Waals surface area contributed by atoms with E-state index in [0.717, 1.165) is 24.5 Å². The van der Waals surface area contributed by atoms with Crippen LogP contribution in [-0.2, 0) is 16.0 Å². The Morgan fingerprint density at radius 2 is 2.05 bits per heavy atom. The molecule has 1 aromatic rings. The van der Waals surface area contributed by atoms with Gasteiger partial charge in [0.25, 0.3) is 0 Å². The lowest BCUT2D eigenvalue weighted by Gasteiger charge is -2.30. The molecule has 1 saturated heterocycles. The van der Waals surface area contributed by atoms with E-state index in [0.29, 0.717) is 12.6 Å². The summed E-state index contributed by atoms with van der Waals surface area (Å²) < 4.78 is 10.5. The maximum absolute atomic E-state index is 12.0. The van der Waals surface area contributed by atoms with E-state index in [1.165, 1.54) is 0 Å². The number of anilines is 1. The fourth-order valence-corrected chi connectivity index (χ4v) is 2.00. The van der Waals surface area contributed by atoms with Crippen molar-refractivity contribution in [2.75, 3.05) is 25.6 Å². The first-order valence-corrected chi connectivity index (χ1v) is 7.21. The Morgan fingerprint density at radius 1 is 1.38 bits per heavy atom. The van der Waals surface area contributed by atoms with E-state index >= 15 is 0 Å². The minimum atomic E-state index is -0.480. The molecule has 1 amide bonds. The Balaban J connectivity index is 1.99. The molecule has 5 heteroatoms. The largest absolute Gasteiger partial charge is 0.444 e. The number of hydrogen-bond donors (Lipinski definition) is 1. The Bertz CT molecular complexity index is 493. The van der Waals surface area contributed by atoms with Gasteiger partial charge in [-0.2, -0.15) is 0 Å². The minimum Gasteiger partial charge on any atom is -0.444 e. The highest BCUT2D eigenvalue weighted by molar-refractivity contribution is 5.68. The summed E-state index contributed by atoms with van der Waals surface area (Å²) in [6.07, 6.45) is -0.315. The van der Waals surface area contributed by atoms with E-state index in [4.69, 9.17) is 9.47 Å². The van der Waals surface area contributed by atoms with Gasteiger partial charge in [-0.1, -0.05) is 18.2 Å². The van der Waals surface area contributed by atoms with Gasteiger partial charge in [-0.05, 0) is 32.4 Å². The zero-order valence-corrected chi connectivity index (χ0v) is 13.2. The van der Waals surface area contributed by atoms with Crippen molar-refractivity contribution in [3.05, 3.63) is 29.8 Å². The zero-order chi connectivity index (χ0) is 15.5. The highest BCUT2D eigenvalue weighted by Crippen LogP contribution is 2.20. The van der Waals surface area contributed by atoms with Crippen molar-refractivity contribution in [3.63, 3.8) is 0 Å². The summed E-state index contributed by atoms with van der Waals surface area (Å²) in [5.41, 5.74) is 1.63. The van der Waals surface area contributed by atoms with Crippen LogP contribution in [0.5, 0.6) is 0 Å². The molecule has 0 bridgehead atoms. The topological polar surface area (TPSA) is 50.8 Å². The molecule has 1 N–H and O–H groups in total. The number of benzene rings is 1. The van der Waals surface area contributed by atoms with Crippen LogP contribution in [0.2, 0.25) is 0 Å². The lowest BCUT2D eigenvalue weighted by molar-refractivity contribution is 0.0209. The highest BCUT2D eigenvalue weighted by Gasteiger charge is 2.22. The first-order valence-electron chi connectivity index (χ1n) is 7.21. The Labute approximate surface area is 126 Å². The SMILES string of the molecule is CN(Cc1ccccc1NC1COC1)C(=O)OC(C)(C)C. The Kier molecular flexibility index (Phi) is 4.73. The van der Waals surface area contributed by atoms with Gasteiger partial charge in [0.05, 0.1) is 25.8 Å². The predicted octanol–water partition coefficient (Wildman–Crippen LogP) is 2.86. The van der Waals surface area contributed by atoms with Crippen LogP contribution in [0.1, 0.15) is 26.3 Å². The highest BCUT2D eigenvalue weighted by atomic mass is 16.6. The zero-order valence-electron chi connectivity index (χ0n) is 13.2. The minimum absolute atomic E-state index is 0.315. The number of carbonyl (C=O) groups is 1. The number of amides is 1. The molecule has 21 heavy (non-hydrogen) atoms. The monoisotopic (exact) mass is 292 g/mol. The third-order valence-electron chi connectivity index (χ3n) is 3.13. The fourth-order valence-electron chi connectivity index (χ4n) is 2.00. The average Bonchev–Trinajstić information content (AvgIpc) is 2.33. The normalized spacial score (nSPS) is 15.2. The van der Waals surface area contributed by atoms with Gasteiger partial charge in [0.2, 0.25) is 0 Å². The van der Waals surface area contributed by atoms with Crippen LogP contribution in [0.25, 0.3) is 0 Å². The number of nitrogens with zero attached hydrogens (tertiary/aromatic N) is 1. The fraction of sp³-hybridized carbons (Fsp3) is 0.562. The van der Waals surface area contributed by atoms with Crippen molar-refractivity contribution in [1.82, 2.24) is 4.90 Å². The Hall–Kier alpha value is -1.75. The molecule has 2 rings (SSSR count). The van der Waals surface area contributed by atoms with Crippen LogP contribution >= 0.6 is 0 Å². The van der Waals surface area contributed by atoms with E-state index in [9.17, 15) is 4.79 Å². The summed E-state index contributed by atoms with van der Waals surface area (Å²) in [4.78, 5) is 13.6. The molecule has 1 heterocycles. The van der Waals surface area contributed by atoms with E-state index in [1.807, 2.05) is 45.0 Å². The van der Waals surface area contributed by atoms with Crippen LogP contribution in [0.3, 0.4) is 0 Å². The van der Waals surface area contributed by atoms with Gasteiger partial charge in [-0.3, -0.25) is 0 Å². The second kappa shape index (κ2) is 6.35. The van der Waals surface area contributed by atoms with Crippen molar-refractivity contribution in [2.24, 2.45) is 0 Å². The standard InChI is InChI=1S/C16H24N2O3/c1-16(2,3)21-15(19)18(4)9-12-7-5-6-8-14(12)17-13-10-20-11-13/h5-8,13,17H,9-11H2,1-4H3. The molecular weight excluding hydrogens is 268 g/mol. The van der Waals surface area contributed by atoms with Gasteiger partial charge < -0.3 is 19.7 Å². The molecule has 0 aromatic heterocycles. The molecule has 0 spiro atoms. The lowest BCUT2D eigenvalue weighted by atomic mass is 10.1. The maximum atomic E-state index is 12.0. The predicted molar refractivity (Wildman–Crippen MR) is 82.4 cm³/mol. The van der Waals surface area contributed by atoms with E-state index < -0.39 is 5.60 Å². The summed E-state index contributed by atoms with van der Waals surface area (Å²) in [7, 11) is 1.75. The average molecular weight is 292 g/mol. The van der Waals surface area contributed by atoms with Gasteiger partial charge in [0, 0.05) is 12.7 Å². The summed E-state index contributed by atoms with van der Waals surface area (Å²) >= 11 is 0. The first-order chi connectivity index (χ1) is 9.85. The smallest absolute Gasteiger partial charge is 0.410 e. The second-order valence-electron chi connectivity index (χ2n) is 6.37. The summed E-state index contributed by atoms with van der Waals surface area (Å²) in [6.45, 7) is 7.57. The molecule has 0 radical (unpaired) electrons. The van der Waals surface area contributed by atoms with E-state index in [2.05, 4.69) is 5.32 Å². The molecule has 1 aliphatic heterocycles. The van der Waals surface area contributed by atoms with Gasteiger partial charge in [-0.15, -0.1) is 0 Å².